The van der Waals surface area contributed by atoms with E-state index in [0.29, 0.717) is 6.20 Å². The zero-order valence-electron chi connectivity index (χ0n) is 12.2. The number of alkyl halides is 3. The largest absolute Gasteiger partial charge is 0.421 e. The zero-order chi connectivity index (χ0) is 16.6. The van der Waals surface area contributed by atoms with Crippen LogP contribution in [0.25, 0.3) is 0 Å². The van der Waals surface area contributed by atoms with E-state index < -0.39 is 17.9 Å². The average Bonchev–Trinajstić information content (AvgIpc) is 2.49. The minimum absolute atomic E-state index is 0.229. The molecule has 23 heavy (non-hydrogen) atoms. The van der Waals surface area contributed by atoms with Crippen molar-refractivity contribution in [2.45, 2.75) is 18.8 Å². The summed E-state index contributed by atoms with van der Waals surface area (Å²) in [6.07, 6.45) is -3.42. The van der Waals surface area contributed by atoms with Crippen molar-refractivity contribution in [2.75, 3.05) is 18.9 Å². The van der Waals surface area contributed by atoms with Crippen molar-refractivity contribution in [3.63, 3.8) is 0 Å². The van der Waals surface area contributed by atoms with Crippen LogP contribution < -0.4 is 5.32 Å². The van der Waals surface area contributed by atoms with Crippen LogP contribution in [-0.4, -0.2) is 28.5 Å². The number of fused-ring (bicyclic) bond motifs is 1. The molecular formula is C15H14ClF3N4. The summed E-state index contributed by atoms with van der Waals surface area (Å²) in [6.45, 7) is 0.731. The first-order valence-electron chi connectivity index (χ1n) is 7.00. The average molecular weight is 343 g/mol. The molecule has 1 aliphatic rings. The third-order valence-corrected chi connectivity index (χ3v) is 4.04. The molecule has 0 spiro atoms. The number of anilines is 1. The Bertz CT molecular complexity index is 720. The van der Waals surface area contributed by atoms with Crippen LogP contribution in [0.4, 0.5) is 19.0 Å². The lowest BCUT2D eigenvalue weighted by molar-refractivity contribution is -0.137. The van der Waals surface area contributed by atoms with Crippen molar-refractivity contribution in [1.29, 1.82) is 0 Å². The van der Waals surface area contributed by atoms with Gasteiger partial charge in [0.1, 0.15) is 17.5 Å². The van der Waals surface area contributed by atoms with Crippen LogP contribution in [0.15, 0.2) is 30.5 Å². The molecule has 0 fully saturated rings. The standard InChI is InChI=1S/C15H14ClF3N4/c1-23-7-6-9-4-2-3-5-10(9)13(23)21-12-11(15(17,18)19)8-20-14(16)22-12/h2-5,8,13H,6-7H2,1H3,(H,20,21,22). The van der Waals surface area contributed by atoms with E-state index in [0.717, 1.165) is 24.1 Å². The molecule has 122 valence electrons. The van der Waals surface area contributed by atoms with Gasteiger partial charge in [-0.15, -0.1) is 0 Å². The fraction of sp³-hybridized carbons (Fsp3) is 0.333. The molecule has 2 heterocycles. The Morgan fingerprint density at radius 3 is 2.78 bits per heavy atom. The number of hydrogen-bond donors (Lipinski definition) is 1. The number of benzene rings is 1. The van der Waals surface area contributed by atoms with Gasteiger partial charge in [-0.05, 0) is 36.2 Å². The van der Waals surface area contributed by atoms with Gasteiger partial charge in [-0.1, -0.05) is 24.3 Å². The quantitative estimate of drug-likeness (QED) is 0.844. The molecule has 1 unspecified atom stereocenters. The van der Waals surface area contributed by atoms with Gasteiger partial charge in [0.15, 0.2) is 0 Å². The monoisotopic (exact) mass is 342 g/mol. The molecule has 0 aliphatic carbocycles. The molecule has 0 saturated carbocycles. The highest BCUT2D eigenvalue weighted by Gasteiger charge is 2.36. The van der Waals surface area contributed by atoms with E-state index in [9.17, 15) is 13.2 Å². The number of nitrogens with one attached hydrogen (secondary N) is 1. The summed E-state index contributed by atoms with van der Waals surface area (Å²) in [4.78, 5) is 9.12. The van der Waals surface area contributed by atoms with Gasteiger partial charge in [0, 0.05) is 12.7 Å². The van der Waals surface area contributed by atoms with Gasteiger partial charge in [-0.2, -0.15) is 13.2 Å². The van der Waals surface area contributed by atoms with Crippen molar-refractivity contribution >= 4 is 17.4 Å². The minimum Gasteiger partial charge on any atom is -0.350 e. The Kier molecular flexibility index (Phi) is 4.16. The van der Waals surface area contributed by atoms with Crippen LogP contribution in [0.5, 0.6) is 0 Å². The van der Waals surface area contributed by atoms with E-state index in [1.807, 2.05) is 36.2 Å². The molecule has 1 aromatic carbocycles. The second kappa shape index (κ2) is 5.98. The van der Waals surface area contributed by atoms with Gasteiger partial charge in [0.2, 0.25) is 5.28 Å². The van der Waals surface area contributed by atoms with Crippen LogP contribution in [0.2, 0.25) is 5.28 Å². The number of likely N-dealkylation sites (N-methyl/N-ethyl adjacent to an activating group) is 1. The van der Waals surface area contributed by atoms with Gasteiger partial charge in [0.05, 0.1) is 0 Å². The summed E-state index contributed by atoms with van der Waals surface area (Å²) in [5.41, 5.74) is 1.11. The Morgan fingerprint density at radius 1 is 1.30 bits per heavy atom. The fourth-order valence-corrected chi connectivity index (χ4v) is 2.82. The Hall–Kier alpha value is -1.86. The van der Waals surface area contributed by atoms with E-state index in [1.165, 1.54) is 0 Å². The summed E-state index contributed by atoms with van der Waals surface area (Å²) in [7, 11) is 1.85. The lowest BCUT2D eigenvalue weighted by Gasteiger charge is -2.35. The van der Waals surface area contributed by atoms with Crippen LogP contribution >= 0.6 is 11.6 Å². The number of halogens is 4. The van der Waals surface area contributed by atoms with Gasteiger partial charge >= 0.3 is 6.18 Å². The number of nitrogens with zero attached hydrogens (tertiary/aromatic N) is 3. The molecule has 3 rings (SSSR count). The van der Waals surface area contributed by atoms with Crippen molar-refractivity contribution in [1.82, 2.24) is 14.9 Å². The van der Waals surface area contributed by atoms with Crippen molar-refractivity contribution in [3.8, 4) is 0 Å². The minimum atomic E-state index is -4.56. The van der Waals surface area contributed by atoms with Crippen LogP contribution in [0, 0.1) is 0 Å². The first-order chi connectivity index (χ1) is 10.9. The fourth-order valence-electron chi connectivity index (χ4n) is 2.69. The summed E-state index contributed by atoms with van der Waals surface area (Å²) in [6, 6.07) is 7.67. The van der Waals surface area contributed by atoms with Crippen molar-refractivity contribution in [3.05, 3.63) is 52.4 Å². The molecule has 0 saturated heterocycles. The second-order valence-electron chi connectivity index (χ2n) is 5.38. The van der Waals surface area contributed by atoms with Crippen LogP contribution in [-0.2, 0) is 12.6 Å². The second-order valence-corrected chi connectivity index (χ2v) is 5.71. The molecule has 8 heteroatoms. The molecule has 1 aliphatic heterocycles. The highest BCUT2D eigenvalue weighted by atomic mass is 35.5. The topological polar surface area (TPSA) is 41.0 Å². The third kappa shape index (κ3) is 3.25. The predicted octanol–water partition coefficient (Wildman–Crippen LogP) is 3.75. The van der Waals surface area contributed by atoms with Gasteiger partial charge in [-0.25, -0.2) is 9.97 Å². The normalized spacial score (nSPS) is 18.6. The number of rotatable bonds is 2. The van der Waals surface area contributed by atoms with Gasteiger partial charge in [0.25, 0.3) is 0 Å². The van der Waals surface area contributed by atoms with Gasteiger partial charge in [-0.3, -0.25) is 4.90 Å². The third-order valence-electron chi connectivity index (χ3n) is 3.86. The van der Waals surface area contributed by atoms with E-state index in [4.69, 9.17) is 11.6 Å². The number of hydrogen-bond acceptors (Lipinski definition) is 4. The molecule has 2 aromatic rings. The lowest BCUT2D eigenvalue weighted by atomic mass is 9.97. The lowest BCUT2D eigenvalue weighted by Crippen LogP contribution is -2.37. The first kappa shape index (κ1) is 16.0. The SMILES string of the molecule is CN1CCc2ccccc2C1Nc1nc(Cl)ncc1C(F)(F)F. The Balaban J connectivity index is 2.01. The van der Waals surface area contributed by atoms with Gasteiger partial charge < -0.3 is 5.32 Å². The molecule has 1 N–H and O–H groups in total. The summed E-state index contributed by atoms with van der Waals surface area (Å²) in [5, 5.41) is 2.64. The van der Waals surface area contributed by atoms with E-state index in [-0.39, 0.29) is 11.1 Å². The maximum Gasteiger partial charge on any atom is 0.421 e. The highest BCUT2D eigenvalue weighted by molar-refractivity contribution is 6.28. The maximum absolute atomic E-state index is 13.2. The Morgan fingerprint density at radius 2 is 2.04 bits per heavy atom. The molecule has 4 nitrogen and oxygen atoms in total. The van der Waals surface area contributed by atoms with Crippen LogP contribution in [0.3, 0.4) is 0 Å². The van der Waals surface area contributed by atoms with E-state index in [1.54, 1.807) is 0 Å². The number of aromatic nitrogens is 2. The molecule has 0 amide bonds. The first-order valence-corrected chi connectivity index (χ1v) is 7.38. The molecule has 0 radical (unpaired) electrons. The maximum atomic E-state index is 13.2. The van der Waals surface area contributed by atoms with Crippen molar-refractivity contribution in [2.24, 2.45) is 0 Å². The molecule has 1 aromatic heterocycles. The summed E-state index contributed by atoms with van der Waals surface area (Å²) in [5.74, 6) is -0.314. The predicted molar refractivity (Wildman–Crippen MR) is 81.2 cm³/mol. The van der Waals surface area contributed by atoms with Crippen molar-refractivity contribution < 1.29 is 13.2 Å². The summed E-state index contributed by atoms with van der Waals surface area (Å²) < 4.78 is 39.5. The van der Waals surface area contributed by atoms with E-state index >= 15 is 0 Å². The van der Waals surface area contributed by atoms with E-state index in [2.05, 4.69) is 15.3 Å². The molecular weight excluding hydrogens is 329 g/mol. The molecule has 0 bridgehead atoms. The highest BCUT2D eigenvalue weighted by Crippen LogP contribution is 2.36. The van der Waals surface area contributed by atoms with Crippen LogP contribution in [0.1, 0.15) is 22.9 Å². The molecule has 1 atom stereocenters. The smallest absolute Gasteiger partial charge is 0.350 e. The Labute approximate surface area is 136 Å². The zero-order valence-corrected chi connectivity index (χ0v) is 13.0. The summed E-state index contributed by atoms with van der Waals surface area (Å²) >= 11 is 5.68.